The van der Waals surface area contributed by atoms with Crippen LogP contribution in [0.25, 0.3) is 0 Å². The number of ether oxygens (including phenoxy) is 2. The van der Waals surface area contributed by atoms with E-state index in [1.54, 1.807) is 0 Å². The first-order chi connectivity index (χ1) is 16.6. The Bertz CT molecular complexity index is 861. The van der Waals surface area contributed by atoms with Gasteiger partial charge in [0.2, 0.25) is 5.91 Å². The maximum Gasteiger partial charge on any atom is 0.220 e. The molecule has 4 aliphatic carbocycles. The largest absolute Gasteiger partial charge is 0.486 e. The van der Waals surface area contributed by atoms with E-state index in [1.807, 2.05) is 18.2 Å². The molecule has 6 heteroatoms. The van der Waals surface area contributed by atoms with E-state index in [1.165, 1.54) is 51.4 Å². The highest BCUT2D eigenvalue weighted by molar-refractivity contribution is 5.76. The van der Waals surface area contributed by atoms with Crippen molar-refractivity contribution in [2.45, 2.75) is 76.4 Å². The second kappa shape index (κ2) is 9.34. The van der Waals surface area contributed by atoms with Crippen LogP contribution in [0.1, 0.15) is 75.9 Å². The fraction of sp³-hybridized carbons (Fsp3) is 0.750. The van der Waals surface area contributed by atoms with Gasteiger partial charge in [0.1, 0.15) is 19.3 Å². The molecule has 5 fully saturated rings. The number of amides is 1. The third-order valence-corrected chi connectivity index (χ3v) is 9.34. The molecule has 1 saturated heterocycles. The van der Waals surface area contributed by atoms with Gasteiger partial charge in [0.15, 0.2) is 11.5 Å². The van der Waals surface area contributed by atoms with Gasteiger partial charge in [-0.1, -0.05) is 6.07 Å². The Balaban J connectivity index is 1.12. The summed E-state index contributed by atoms with van der Waals surface area (Å²) < 4.78 is 11.4. The number of rotatable bonds is 8. The second-order valence-corrected chi connectivity index (χ2v) is 11.9. The van der Waals surface area contributed by atoms with Crippen LogP contribution >= 0.6 is 0 Å². The zero-order valence-corrected chi connectivity index (χ0v) is 20.3. The number of fused-ring (bicyclic) bond motifs is 1. The summed E-state index contributed by atoms with van der Waals surface area (Å²) in [6.07, 6.45) is 11.5. The van der Waals surface area contributed by atoms with Gasteiger partial charge in [-0.2, -0.15) is 0 Å². The van der Waals surface area contributed by atoms with Crippen LogP contribution < -0.4 is 14.8 Å². The highest BCUT2D eigenvalue weighted by Gasteiger charge is 2.50. The number of carbonyl (C=O) groups is 1. The fourth-order valence-corrected chi connectivity index (χ4v) is 8.20. The third-order valence-electron chi connectivity index (χ3n) is 9.34. The van der Waals surface area contributed by atoms with E-state index in [0.717, 1.165) is 48.6 Å². The highest BCUT2D eigenvalue weighted by atomic mass is 16.6. The molecule has 2 aliphatic heterocycles. The summed E-state index contributed by atoms with van der Waals surface area (Å²) in [5, 5.41) is 14.6. The Morgan fingerprint density at radius 3 is 2.35 bits per heavy atom. The van der Waals surface area contributed by atoms with Gasteiger partial charge in [-0.3, -0.25) is 4.79 Å². The highest BCUT2D eigenvalue weighted by Crippen LogP contribution is 2.61. The molecule has 0 aromatic heterocycles. The van der Waals surface area contributed by atoms with Gasteiger partial charge in [0.05, 0.1) is 6.04 Å². The standard InChI is InChI=1S/C28H40N2O4/c31-26(5-6-28-15-19-11-20(16-28)13-21(12-19)17-28)29-23(18-30-7-1-2-8-30)27(32)22-3-4-24-25(14-22)34-10-9-33-24/h3-4,14,19-21,23,27,32H,1-2,5-13,15-18H2,(H,29,31)/t19?,20?,21?,23-,27-,28?/m1/s1. The second-order valence-electron chi connectivity index (χ2n) is 11.9. The lowest BCUT2D eigenvalue weighted by molar-refractivity contribution is -0.125. The van der Waals surface area contributed by atoms with E-state index in [-0.39, 0.29) is 11.9 Å². The average molecular weight is 469 g/mol. The molecule has 186 valence electrons. The van der Waals surface area contributed by atoms with Crippen molar-refractivity contribution in [1.82, 2.24) is 10.2 Å². The molecule has 6 aliphatic rings. The minimum atomic E-state index is -0.778. The van der Waals surface area contributed by atoms with Crippen LogP contribution in [0.4, 0.5) is 0 Å². The number of nitrogens with zero attached hydrogens (tertiary/aromatic N) is 1. The van der Waals surface area contributed by atoms with E-state index in [4.69, 9.17) is 9.47 Å². The Morgan fingerprint density at radius 2 is 1.68 bits per heavy atom. The molecule has 0 unspecified atom stereocenters. The molecule has 4 bridgehead atoms. The molecule has 2 heterocycles. The Morgan fingerprint density at radius 1 is 1.03 bits per heavy atom. The number of carbonyl (C=O) groups excluding carboxylic acids is 1. The zero-order chi connectivity index (χ0) is 23.1. The van der Waals surface area contributed by atoms with Crippen molar-refractivity contribution in [1.29, 1.82) is 0 Å². The first-order valence-electron chi connectivity index (χ1n) is 13.6. The zero-order valence-electron chi connectivity index (χ0n) is 20.3. The molecule has 34 heavy (non-hydrogen) atoms. The summed E-state index contributed by atoms with van der Waals surface area (Å²) in [6.45, 7) is 3.82. The van der Waals surface area contributed by atoms with Crippen LogP contribution in [0, 0.1) is 23.2 Å². The lowest BCUT2D eigenvalue weighted by Gasteiger charge is -2.57. The number of hydrogen-bond donors (Lipinski definition) is 2. The monoisotopic (exact) mass is 468 g/mol. The summed E-state index contributed by atoms with van der Waals surface area (Å²) in [4.78, 5) is 15.6. The smallest absolute Gasteiger partial charge is 0.220 e. The molecule has 1 aromatic carbocycles. The SMILES string of the molecule is O=C(CCC12CC3CC(CC(C3)C1)C2)N[C@H](CN1CCCC1)[C@H](O)c1ccc2c(c1)OCCO2. The Kier molecular flexibility index (Phi) is 6.23. The van der Waals surface area contributed by atoms with Crippen molar-refractivity contribution in [2.24, 2.45) is 23.2 Å². The minimum Gasteiger partial charge on any atom is -0.486 e. The molecular formula is C28H40N2O4. The maximum atomic E-state index is 13.2. The van der Waals surface area contributed by atoms with Crippen molar-refractivity contribution in [3.8, 4) is 11.5 Å². The Labute approximate surface area is 203 Å². The van der Waals surface area contributed by atoms with Crippen molar-refractivity contribution >= 4 is 5.91 Å². The van der Waals surface area contributed by atoms with Crippen LogP contribution in [-0.2, 0) is 4.79 Å². The molecule has 0 spiro atoms. The van der Waals surface area contributed by atoms with Crippen LogP contribution in [0.15, 0.2) is 18.2 Å². The number of hydrogen-bond acceptors (Lipinski definition) is 5. The topological polar surface area (TPSA) is 71.0 Å². The number of likely N-dealkylation sites (tertiary alicyclic amines) is 1. The van der Waals surface area contributed by atoms with Gasteiger partial charge >= 0.3 is 0 Å². The molecule has 7 rings (SSSR count). The van der Waals surface area contributed by atoms with Crippen LogP contribution in [-0.4, -0.2) is 54.8 Å². The number of nitrogens with one attached hydrogen (secondary N) is 1. The van der Waals surface area contributed by atoms with Gasteiger partial charge in [-0.15, -0.1) is 0 Å². The lowest BCUT2D eigenvalue weighted by Crippen LogP contribution is -2.48. The summed E-state index contributed by atoms with van der Waals surface area (Å²) in [7, 11) is 0. The van der Waals surface area contributed by atoms with Crippen LogP contribution in [0.5, 0.6) is 11.5 Å². The molecule has 6 nitrogen and oxygen atoms in total. The molecular weight excluding hydrogens is 428 g/mol. The molecule has 2 N–H and O–H groups in total. The van der Waals surface area contributed by atoms with Crippen LogP contribution in [0.3, 0.4) is 0 Å². The van der Waals surface area contributed by atoms with Crippen molar-refractivity contribution in [2.75, 3.05) is 32.8 Å². The Hall–Kier alpha value is -1.79. The molecule has 1 amide bonds. The lowest BCUT2D eigenvalue weighted by atomic mass is 9.48. The normalized spacial score (nSPS) is 33.6. The first kappa shape index (κ1) is 22.7. The van der Waals surface area contributed by atoms with E-state index in [9.17, 15) is 9.90 Å². The summed E-state index contributed by atoms with van der Waals surface area (Å²) in [5.41, 5.74) is 1.18. The molecule has 1 aromatic rings. The maximum absolute atomic E-state index is 13.2. The molecule has 0 radical (unpaired) electrons. The van der Waals surface area contributed by atoms with Gasteiger partial charge in [-0.25, -0.2) is 0 Å². The van der Waals surface area contributed by atoms with Crippen LogP contribution in [0.2, 0.25) is 0 Å². The minimum absolute atomic E-state index is 0.0940. The number of aliphatic hydroxyl groups excluding tert-OH is 1. The quantitative estimate of drug-likeness (QED) is 0.602. The summed E-state index contributed by atoms with van der Waals surface area (Å²) in [5.74, 6) is 4.23. The van der Waals surface area contributed by atoms with Crippen molar-refractivity contribution in [3.63, 3.8) is 0 Å². The van der Waals surface area contributed by atoms with Crippen molar-refractivity contribution < 1.29 is 19.4 Å². The van der Waals surface area contributed by atoms with Crippen molar-refractivity contribution in [3.05, 3.63) is 23.8 Å². The third kappa shape index (κ3) is 4.68. The van der Waals surface area contributed by atoms with E-state index >= 15 is 0 Å². The van der Waals surface area contributed by atoms with Gasteiger partial charge in [0, 0.05) is 13.0 Å². The molecule has 2 atom stereocenters. The van der Waals surface area contributed by atoms with E-state index in [0.29, 0.717) is 37.3 Å². The number of aliphatic hydroxyl groups is 1. The first-order valence-corrected chi connectivity index (χ1v) is 13.6. The fourth-order valence-electron chi connectivity index (χ4n) is 8.20. The van der Waals surface area contributed by atoms with Gasteiger partial charge in [0.25, 0.3) is 0 Å². The van der Waals surface area contributed by atoms with E-state index < -0.39 is 6.10 Å². The summed E-state index contributed by atoms with van der Waals surface area (Å²) >= 11 is 0. The number of benzene rings is 1. The predicted octanol–water partition coefficient (Wildman–Crippen LogP) is 4.07. The summed E-state index contributed by atoms with van der Waals surface area (Å²) in [6, 6.07) is 5.31. The average Bonchev–Trinajstić information content (AvgIpc) is 3.34. The van der Waals surface area contributed by atoms with E-state index in [2.05, 4.69) is 10.2 Å². The van der Waals surface area contributed by atoms with Gasteiger partial charge in [-0.05, 0) is 112 Å². The van der Waals surface area contributed by atoms with Gasteiger partial charge < -0.3 is 24.8 Å². The predicted molar refractivity (Wildman–Crippen MR) is 130 cm³/mol. The molecule has 4 saturated carbocycles.